The van der Waals surface area contributed by atoms with Gasteiger partial charge in [0.2, 0.25) is 0 Å². The van der Waals surface area contributed by atoms with Crippen LogP contribution in [0.4, 0.5) is 16.2 Å². The molecule has 1 saturated heterocycles. The molecule has 1 aromatic carbocycles. The number of hydrogen-bond donors (Lipinski definition) is 2. The van der Waals surface area contributed by atoms with Crippen LogP contribution in [0.3, 0.4) is 0 Å². The summed E-state index contributed by atoms with van der Waals surface area (Å²) in [6.45, 7) is 0. The van der Waals surface area contributed by atoms with Gasteiger partial charge in [-0.25, -0.2) is 9.59 Å². The van der Waals surface area contributed by atoms with Gasteiger partial charge in [-0.3, -0.25) is 10.1 Å². The lowest BCUT2D eigenvalue weighted by Crippen LogP contribution is -2.44. The number of nitrogens with one attached hydrogen (secondary N) is 1. The molecule has 2 amide bonds. The maximum atomic E-state index is 12.1. The minimum absolute atomic E-state index is 0.0666. The van der Waals surface area contributed by atoms with Crippen LogP contribution in [0, 0.1) is 10.1 Å². The minimum atomic E-state index is -1.10. The first-order chi connectivity index (χ1) is 9.90. The van der Waals surface area contributed by atoms with Gasteiger partial charge < -0.3 is 15.3 Å². The number of nitrogens with zero attached hydrogens (tertiary/aromatic N) is 2. The van der Waals surface area contributed by atoms with E-state index in [1.54, 1.807) is 0 Å². The Morgan fingerprint density at radius 3 is 2.86 bits per heavy atom. The predicted octanol–water partition coefficient (Wildman–Crippen LogP) is 2.24. The summed E-state index contributed by atoms with van der Waals surface area (Å²) in [6.07, 6.45) is 0. The fourth-order valence-corrected chi connectivity index (χ4v) is 3.07. The zero-order valence-electron chi connectivity index (χ0n) is 10.5. The zero-order valence-corrected chi connectivity index (χ0v) is 12.1. The first-order valence-corrected chi connectivity index (χ1v) is 7.25. The van der Waals surface area contributed by atoms with E-state index in [-0.39, 0.29) is 22.3 Å². The van der Waals surface area contributed by atoms with Crippen molar-refractivity contribution in [1.82, 2.24) is 4.90 Å². The maximum absolute atomic E-state index is 12.1. The average Bonchev–Trinajstić information content (AvgIpc) is 2.90. The Morgan fingerprint density at radius 2 is 2.24 bits per heavy atom. The van der Waals surface area contributed by atoms with E-state index in [4.69, 9.17) is 16.7 Å². The van der Waals surface area contributed by atoms with Gasteiger partial charge in [0.25, 0.3) is 5.69 Å². The standard InChI is InChI=1S/C11H10ClN3O5S/c12-7-2-1-6(15(19)20)3-8(7)13-11(18)14-5-21-4-9(14)10(16)17/h1-3,9H,4-5H2,(H,13,18)(H,16,17)/t9-/m0/s1. The smallest absolute Gasteiger partial charge is 0.327 e. The lowest BCUT2D eigenvalue weighted by atomic mass is 10.2. The summed E-state index contributed by atoms with van der Waals surface area (Å²) in [7, 11) is 0. The third-order valence-corrected chi connectivity index (χ3v) is 4.17. The average molecular weight is 332 g/mol. The van der Waals surface area contributed by atoms with E-state index in [1.165, 1.54) is 23.9 Å². The monoisotopic (exact) mass is 331 g/mol. The molecule has 21 heavy (non-hydrogen) atoms. The fourth-order valence-electron chi connectivity index (χ4n) is 1.76. The number of thioether (sulfide) groups is 1. The maximum Gasteiger partial charge on any atom is 0.327 e. The molecule has 2 rings (SSSR count). The molecule has 1 heterocycles. The molecule has 0 bridgehead atoms. The van der Waals surface area contributed by atoms with E-state index in [2.05, 4.69) is 5.32 Å². The van der Waals surface area contributed by atoms with Crippen molar-refractivity contribution >= 4 is 46.7 Å². The first kappa shape index (κ1) is 15.4. The second-order valence-electron chi connectivity index (χ2n) is 4.18. The van der Waals surface area contributed by atoms with E-state index in [1.807, 2.05) is 0 Å². The van der Waals surface area contributed by atoms with Gasteiger partial charge in [-0.15, -0.1) is 11.8 Å². The summed E-state index contributed by atoms with van der Waals surface area (Å²) >= 11 is 7.19. The van der Waals surface area contributed by atoms with Crippen LogP contribution in [0.5, 0.6) is 0 Å². The Morgan fingerprint density at radius 1 is 1.52 bits per heavy atom. The highest BCUT2D eigenvalue weighted by Crippen LogP contribution is 2.28. The van der Waals surface area contributed by atoms with Crippen molar-refractivity contribution in [3.05, 3.63) is 33.3 Å². The van der Waals surface area contributed by atoms with Crippen molar-refractivity contribution in [3.8, 4) is 0 Å². The molecule has 1 aliphatic rings. The summed E-state index contributed by atoms with van der Waals surface area (Å²) in [5.74, 6) is -0.568. The van der Waals surface area contributed by atoms with Crippen LogP contribution in [0.2, 0.25) is 5.02 Å². The Bertz CT molecular complexity index is 612. The number of carbonyl (C=O) groups excluding carboxylic acids is 1. The van der Waals surface area contributed by atoms with Crippen molar-refractivity contribution in [2.24, 2.45) is 0 Å². The van der Waals surface area contributed by atoms with Crippen LogP contribution in [-0.2, 0) is 4.79 Å². The normalized spacial score (nSPS) is 17.6. The summed E-state index contributed by atoms with van der Waals surface area (Å²) in [4.78, 5) is 34.3. The molecule has 0 aromatic heterocycles. The molecule has 1 aliphatic heterocycles. The summed E-state index contributed by atoms with van der Waals surface area (Å²) in [5, 5.41) is 22.3. The van der Waals surface area contributed by atoms with Crippen LogP contribution in [-0.4, -0.2) is 44.6 Å². The number of aliphatic carboxylic acids is 1. The Labute approximate surface area is 128 Å². The van der Waals surface area contributed by atoms with Crippen molar-refractivity contribution in [2.75, 3.05) is 16.9 Å². The third-order valence-electron chi connectivity index (χ3n) is 2.83. The Kier molecular flexibility index (Phi) is 4.53. The molecule has 0 unspecified atom stereocenters. The van der Waals surface area contributed by atoms with E-state index >= 15 is 0 Å². The van der Waals surface area contributed by atoms with Gasteiger partial charge in [0.1, 0.15) is 6.04 Å². The number of anilines is 1. The minimum Gasteiger partial charge on any atom is -0.480 e. The molecule has 0 saturated carbocycles. The first-order valence-electron chi connectivity index (χ1n) is 5.72. The lowest BCUT2D eigenvalue weighted by molar-refractivity contribution is -0.384. The quantitative estimate of drug-likeness (QED) is 0.648. The molecule has 10 heteroatoms. The number of carboxylic acid groups (broad SMARTS) is 1. The Hall–Kier alpha value is -2.00. The molecule has 1 aromatic rings. The van der Waals surface area contributed by atoms with Gasteiger partial charge in [-0.1, -0.05) is 11.6 Å². The van der Waals surface area contributed by atoms with Crippen molar-refractivity contribution in [3.63, 3.8) is 0 Å². The zero-order chi connectivity index (χ0) is 15.6. The molecule has 8 nitrogen and oxygen atoms in total. The molecule has 1 atom stereocenters. The third kappa shape index (κ3) is 3.37. The molecule has 0 spiro atoms. The molecule has 2 N–H and O–H groups in total. The highest BCUT2D eigenvalue weighted by molar-refractivity contribution is 7.99. The topological polar surface area (TPSA) is 113 Å². The molecular weight excluding hydrogens is 322 g/mol. The highest BCUT2D eigenvalue weighted by atomic mass is 35.5. The van der Waals surface area contributed by atoms with Gasteiger partial charge in [-0.05, 0) is 6.07 Å². The number of nitro groups is 1. The summed E-state index contributed by atoms with van der Waals surface area (Å²) < 4.78 is 0. The van der Waals surface area contributed by atoms with Gasteiger partial charge >= 0.3 is 12.0 Å². The number of carboxylic acids is 1. The van der Waals surface area contributed by atoms with Crippen molar-refractivity contribution < 1.29 is 19.6 Å². The van der Waals surface area contributed by atoms with Gasteiger partial charge in [0, 0.05) is 17.9 Å². The lowest BCUT2D eigenvalue weighted by Gasteiger charge is -2.21. The molecular formula is C11H10ClN3O5S. The van der Waals surface area contributed by atoms with Crippen molar-refractivity contribution in [1.29, 1.82) is 0 Å². The summed E-state index contributed by atoms with van der Waals surface area (Å²) in [6, 6.07) is 2.05. The Balaban J connectivity index is 2.18. The largest absolute Gasteiger partial charge is 0.480 e. The number of nitro benzene ring substituents is 1. The number of halogens is 1. The number of amides is 2. The van der Waals surface area contributed by atoms with E-state index in [0.29, 0.717) is 5.75 Å². The predicted molar refractivity (Wildman–Crippen MR) is 77.7 cm³/mol. The van der Waals surface area contributed by atoms with E-state index in [9.17, 15) is 19.7 Å². The SMILES string of the molecule is O=C(O)[C@@H]1CSCN1C(=O)Nc1cc([N+](=O)[O-])ccc1Cl. The van der Waals surface area contributed by atoms with Gasteiger partial charge in [-0.2, -0.15) is 0 Å². The molecule has 1 fully saturated rings. The molecule has 0 radical (unpaired) electrons. The fraction of sp³-hybridized carbons (Fsp3) is 0.273. The number of carbonyl (C=O) groups is 2. The van der Waals surface area contributed by atoms with E-state index in [0.717, 1.165) is 11.0 Å². The summed E-state index contributed by atoms with van der Waals surface area (Å²) in [5.41, 5.74) is -0.155. The van der Waals surface area contributed by atoms with Crippen LogP contribution >= 0.6 is 23.4 Å². The van der Waals surface area contributed by atoms with E-state index < -0.39 is 23.0 Å². The second-order valence-corrected chi connectivity index (χ2v) is 5.58. The van der Waals surface area contributed by atoms with Crippen molar-refractivity contribution in [2.45, 2.75) is 6.04 Å². The highest BCUT2D eigenvalue weighted by Gasteiger charge is 2.34. The van der Waals surface area contributed by atoms with Crippen LogP contribution < -0.4 is 5.32 Å². The van der Waals surface area contributed by atoms with Gasteiger partial charge in [0.05, 0.1) is 21.5 Å². The van der Waals surface area contributed by atoms with Crippen LogP contribution in [0.1, 0.15) is 0 Å². The van der Waals surface area contributed by atoms with Crippen LogP contribution in [0.15, 0.2) is 18.2 Å². The molecule has 0 aliphatic carbocycles. The molecule has 112 valence electrons. The number of non-ortho nitro benzene ring substituents is 1. The number of urea groups is 1. The van der Waals surface area contributed by atoms with Crippen LogP contribution in [0.25, 0.3) is 0 Å². The number of benzene rings is 1. The van der Waals surface area contributed by atoms with Gasteiger partial charge in [0.15, 0.2) is 0 Å². The number of hydrogen-bond acceptors (Lipinski definition) is 5. The second kappa shape index (κ2) is 6.19. The number of rotatable bonds is 3.